The van der Waals surface area contributed by atoms with Crippen molar-refractivity contribution in [3.63, 3.8) is 0 Å². The first-order valence-electron chi connectivity index (χ1n) is 5.71. The predicted octanol–water partition coefficient (Wildman–Crippen LogP) is 2.05. The molecule has 0 aromatic carbocycles. The van der Waals surface area contributed by atoms with Gasteiger partial charge in [0.1, 0.15) is 5.60 Å². The van der Waals surface area contributed by atoms with Crippen molar-refractivity contribution in [1.82, 2.24) is 4.90 Å². The molecule has 18 heavy (non-hydrogen) atoms. The molecule has 0 bridgehead atoms. The first kappa shape index (κ1) is 14.3. The van der Waals surface area contributed by atoms with Crippen LogP contribution >= 0.6 is 0 Å². The second-order valence-electron chi connectivity index (χ2n) is 5.29. The Morgan fingerprint density at radius 3 is 2.44 bits per heavy atom. The standard InChI is InChI=1S/C13H19NO4/c1-6-9-7-14(10(8(9)2)11(15)16)12(17)18-13(3,4)5/h6,9-10H,1-2,7H2,3-5H3,(H,15,16)/t9-,10+/m1/s1. The lowest BCUT2D eigenvalue weighted by atomic mass is 10.0. The summed E-state index contributed by atoms with van der Waals surface area (Å²) in [5, 5.41) is 9.17. The SMILES string of the molecule is C=C[C@@H]1CN(C(=O)OC(C)(C)C)[C@H](C(=O)O)C1=C. The number of carboxylic acid groups (broad SMARTS) is 1. The smallest absolute Gasteiger partial charge is 0.411 e. The zero-order valence-corrected chi connectivity index (χ0v) is 11.0. The largest absolute Gasteiger partial charge is 0.479 e. The van der Waals surface area contributed by atoms with Crippen molar-refractivity contribution in [3.8, 4) is 0 Å². The molecule has 2 atom stereocenters. The minimum Gasteiger partial charge on any atom is -0.479 e. The number of amides is 1. The number of aliphatic carboxylic acids is 1. The Morgan fingerprint density at radius 1 is 1.50 bits per heavy atom. The van der Waals surface area contributed by atoms with Gasteiger partial charge < -0.3 is 9.84 Å². The van der Waals surface area contributed by atoms with Gasteiger partial charge in [-0.15, -0.1) is 6.58 Å². The summed E-state index contributed by atoms with van der Waals surface area (Å²) >= 11 is 0. The fourth-order valence-electron chi connectivity index (χ4n) is 1.86. The van der Waals surface area contributed by atoms with Gasteiger partial charge >= 0.3 is 12.1 Å². The summed E-state index contributed by atoms with van der Waals surface area (Å²) in [6.45, 7) is 12.8. The second-order valence-corrected chi connectivity index (χ2v) is 5.29. The molecule has 1 fully saturated rings. The number of carbonyl (C=O) groups is 2. The first-order valence-corrected chi connectivity index (χ1v) is 5.71. The molecule has 0 unspecified atom stereocenters. The van der Waals surface area contributed by atoms with E-state index in [1.165, 1.54) is 4.90 Å². The van der Waals surface area contributed by atoms with Gasteiger partial charge in [0.25, 0.3) is 0 Å². The minimum atomic E-state index is -1.10. The van der Waals surface area contributed by atoms with Gasteiger partial charge in [-0.1, -0.05) is 12.7 Å². The van der Waals surface area contributed by atoms with Gasteiger partial charge in [0.05, 0.1) is 0 Å². The lowest BCUT2D eigenvalue weighted by Crippen LogP contribution is -2.43. The molecule has 5 heteroatoms. The van der Waals surface area contributed by atoms with E-state index in [2.05, 4.69) is 13.2 Å². The van der Waals surface area contributed by atoms with E-state index in [9.17, 15) is 14.7 Å². The van der Waals surface area contributed by atoms with Gasteiger partial charge in [0.15, 0.2) is 6.04 Å². The molecule has 1 amide bonds. The highest BCUT2D eigenvalue weighted by atomic mass is 16.6. The van der Waals surface area contributed by atoms with E-state index in [1.807, 2.05) is 0 Å². The van der Waals surface area contributed by atoms with Crippen molar-refractivity contribution in [1.29, 1.82) is 0 Å². The molecule has 1 rings (SSSR count). The lowest BCUT2D eigenvalue weighted by molar-refractivity contribution is -0.140. The fraction of sp³-hybridized carbons (Fsp3) is 0.538. The zero-order chi connectivity index (χ0) is 14.1. The van der Waals surface area contributed by atoms with Crippen molar-refractivity contribution in [3.05, 3.63) is 24.8 Å². The van der Waals surface area contributed by atoms with E-state index < -0.39 is 23.7 Å². The van der Waals surface area contributed by atoms with Gasteiger partial charge in [-0.2, -0.15) is 0 Å². The van der Waals surface area contributed by atoms with Crippen LogP contribution in [0.5, 0.6) is 0 Å². The maximum Gasteiger partial charge on any atom is 0.411 e. The van der Waals surface area contributed by atoms with E-state index in [4.69, 9.17) is 4.74 Å². The number of carboxylic acids is 1. The molecule has 0 radical (unpaired) electrons. The molecule has 0 aromatic rings. The molecular weight excluding hydrogens is 234 g/mol. The summed E-state index contributed by atoms with van der Waals surface area (Å²) in [7, 11) is 0. The number of hydrogen-bond donors (Lipinski definition) is 1. The van der Waals surface area contributed by atoms with Crippen LogP contribution in [0.3, 0.4) is 0 Å². The van der Waals surface area contributed by atoms with Crippen LogP contribution in [0.25, 0.3) is 0 Å². The van der Waals surface area contributed by atoms with Crippen LogP contribution in [-0.2, 0) is 9.53 Å². The summed E-state index contributed by atoms with van der Waals surface area (Å²) < 4.78 is 5.19. The van der Waals surface area contributed by atoms with Crippen LogP contribution in [-0.4, -0.2) is 40.3 Å². The lowest BCUT2D eigenvalue weighted by Gasteiger charge is -2.26. The third kappa shape index (κ3) is 2.91. The zero-order valence-electron chi connectivity index (χ0n) is 11.0. The maximum atomic E-state index is 11.9. The highest BCUT2D eigenvalue weighted by Crippen LogP contribution is 2.30. The van der Waals surface area contributed by atoms with Gasteiger partial charge in [-0.05, 0) is 26.3 Å². The quantitative estimate of drug-likeness (QED) is 0.765. The molecule has 100 valence electrons. The van der Waals surface area contributed by atoms with Gasteiger partial charge in [-0.3, -0.25) is 4.90 Å². The third-order valence-corrected chi connectivity index (χ3v) is 2.68. The van der Waals surface area contributed by atoms with Gasteiger partial charge in [-0.25, -0.2) is 9.59 Å². The topological polar surface area (TPSA) is 66.8 Å². The highest BCUT2D eigenvalue weighted by molar-refractivity contribution is 5.84. The highest BCUT2D eigenvalue weighted by Gasteiger charge is 2.43. The molecule has 0 aliphatic carbocycles. The normalized spacial score (nSPS) is 23.9. The summed E-state index contributed by atoms with van der Waals surface area (Å²) in [6.07, 6.45) is 0.961. The van der Waals surface area contributed by atoms with E-state index in [0.717, 1.165) is 0 Å². The van der Waals surface area contributed by atoms with Crippen LogP contribution in [0.1, 0.15) is 20.8 Å². The second kappa shape index (κ2) is 4.84. The maximum absolute atomic E-state index is 11.9. The molecule has 0 aromatic heterocycles. The fourth-order valence-corrected chi connectivity index (χ4v) is 1.86. The monoisotopic (exact) mass is 253 g/mol. The number of ether oxygens (including phenoxy) is 1. The molecule has 1 N–H and O–H groups in total. The molecule has 1 aliphatic rings. The molecule has 1 saturated heterocycles. The summed E-state index contributed by atoms with van der Waals surface area (Å²) in [5.74, 6) is -1.31. The molecule has 5 nitrogen and oxygen atoms in total. The number of carbonyl (C=O) groups excluding carboxylic acids is 1. The van der Waals surface area contributed by atoms with Crippen molar-refractivity contribution >= 4 is 12.1 Å². The van der Waals surface area contributed by atoms with Crippen LogP contribution in [0.15, 0.2) is 24.8 Å². The van der Waals surface area contributed by atoms with E-state index >= 15 is 0 Å². The number of likely N-dealkylation sites (tertiary alicyclic amines) is 1. The Balaban J connectivity index is 2.93. The number of nitrogens with zero attached hydrogens (tertiary/aromatic N) is 1. The van der Waals surface area contributed by atoms with Gasteiger partial charge in [0.2, 0.25) is 0 Å². The van der Waals surface area contributed by atoms with Crippen LogP contribution in [0, 0.1) is 5.92 Å². The molecule has 0 saturated carbocycles. The number of hydrogen-bond acceptors (Lipinski definition) is 3. The minimum absolute atomic E-state index is 0.210. The van der Waals surface area contributed by atoms with E-state index in [-0.39, 0.29) is 12.5 Å². The Bertz CT molecular complexity index is 394. The number of rotatable bonds is 2. The van der Waals surface area contributed by atoms with Crippen molar-refractivity contribution < 1.29 is 19.4 Å². The van der Waals surface area contributed by atoms with Crippen LogP contribution < -0.4 is 0 Å². The first-order chi connectivity index (χ1) is 8.17. The molecule has 0 spiro atoms. The Morgan fingerprint density at radius 2 is 2.06 bits per heavy atom. The Kier molecular flexibility index (Phi) is 3.84. The van der Waals surface area contributed by atoms with E-state index in [0.29, 0.717) is 5.57 Å². The van der Waals surface area contributed by atoms with Crippen molar-refractivity contribution in [2.45, 2.75) is 32.4 Å². The summed E-state index contributed by atoms with van der Waals surface area (Å²) in [5.41, 5.74) is -0.198. The summed E-state index contributed by atoms with van der Waals surface area (Å²) in [6, 6.07) is -1.04. The van der Waals surface area contributed by atoms with Gasteiger partial charge in [0, 0.05) is 12.5 Å². The van der Waals surface area contributed by atoms with E-state index in [1.54, 1.807) is 26.8 Å². The average Bonchev–Trinajstić information content (AvgIpc) is 2.52. The molecule has 1 aliphatic heterocycles. The van der Waals surface area contributed by atoms with Crippen LogP contribution in [0.4, 0.5) is 4.79 Å². The summed E-state index contributed by atoms with van der Waals surface area (Å²) in [4.78, 5) is 24.3. The predicted molar refractivity (Wildman–Crippen MR) is 67.2 cm³/mol. The Labute approximate surface area is 107 Å². The molecular formula is C13H19NO4. The van der Waals surface area contributed by atoms with Crippen molar-refractivity contribution in [2.75, 3.05) is 6.54 Å². The van der Waals surface area contributed by atoms with Crippen molar-refractivity contribution in [2.24, 2.45) is 5.92 Å². The molecule has 1 heterocycles. The average molecular weight is 253 g/mol. The van der Waals surface area contributed by atoms with Crippen LogP contribution in [0.2, 0.25) is 0 Å². The Hall–Kier alpha value is -1.78. The third-order valence-electron chi connectivity index (χ3n) is 2.68.